The number of likely N-dealkylation sites (tertiary alicyclic amines) is 1. The van der Waals surface area contributed by atoms with E-state index in [2.05, 4.69) is 0 Å². The number of rotatable bonds is 2. The molecule has 1 rings (SSSR count). The van der Waals surface area contributed by atoms with Gasteiger partial charge in [-0.2, -0.15) is 0 Å². The summed E-state index contributed by atoms with van der Waals surface area (Å²) in [6.07, 6.45) is 0.733. The first-order chi connectivity index (χ1) is 6.16. The Morgan fingerprint density at radius 3 is 2.85 bits per heavy atom. The molecule has 1 N–H and O–H groups in total. The summed E-state index contributed by atoms with van der Waals surface area (Å²) < 4.78 is 4.73. The zero-order chi connectivity index (χ0) is 9.84. The summed E-state index contributed by atoms with van der Waals surface area (Å²) in [6, 6.07) is -0.695. The number of hydrogen-bond acceptors (Lipinski definition) is 3. The van der Waals surface area contributed by atoms with E-state index in [-0.39, 0.29) is 6.61 Å². The quantitative estimate of drug-likeness (QED) is 0.690. The van der Waals surface area contributed by atoms with Gasteiger partial charge < -0.3 is 9.84 Å². The number of carbonyl (C=O) groups is 2. The minimum Gasteiger partial charge on any atom is -0.480 e. The van der Waals surface area contributed by atoms with Crippen LogP contribution < -0.4 is 0 Å². The zero-order valence-electron chi connectivity index (χ0n) is 7.52. The summed E-state index contributed by atoms with van der Waals surface area (Å²) in [6.45, 7) is 2.46. The Kier molecular flexibility index (Phi) is 3.11. The van der Waals surface area contributed by atoms with Gasteiger partial charge in [0.1, 0.15) is 6.04 Å². The molecule has 1 atom stereocenters. The summed E-state index contributed by atoms with van der Waals surface area (Å²) in [5.74, 6) is -0.953. The Bertz CT molecular complexity index is 216. The molecule has 0 aromatic rings. The molecule has 0 spiro atoms. The van der Waals surface area contributed by atoms with Gasteiger partial charge in [-0.05, 0) is 19.8 Å². The molecule has 0 bridgehead atoms. The first-order valence-electron chi connectivity index (χ1n) is 4.33. The van der Waals surface area contributed by atoms with Crippen molar-refractivity contribution in [1.29, 1.82) is 0 Å². The number of carboxylic acids is 1. The van der Waals surface area contributed by atoms with Crippen molar-refractivity contribution in [3.05, 3.63) is 0 Å². The molecule has 1 saturated heterocycles. The van der Waals surface area contributed by atoms with Crippen LogP contribution in [0.25, 0.3) is 0 Å². The van der Waals surface area contributed by atoms with E-state index in [1.807, 2.05) is 0 Å². The first-order valence-corrected chi connectivity index (χ1v) is 4.33. The Morgan fingerprint density at radius 1 is 1.62 bits per heavy atom. The van der Waals surface area contributed by atoms with Crippen molar-refractivity contribution < 1.29 is 19.4 Å². The average molecular weight is 187 g/mol. The molecular formula is C8H13NO4. The van der Waals surface area contributed by atoms with Crippen LogP contribution in [0.3, 0.4) is 0 Å². The summed E-state index contributed by atoms with van der Waals surface area (Å²) >= 11 is 0. The molecular weight excluding hydrogens is 174 g/mol. The maximum atomic E-state index is 11.2. The van der Waals surface area contributed by atoms with Crippen LogP contribution in [-0.4, -0.2) is 41.3 Å². The van der Waals surface area contributed by atoms with Gasteiger partial charge in [0.05, 0.1) is 6.61 Å². The van der Waals surface area contributed by atoms with E-state index in [1.54, 1.807) is 6.92 Å². The molecule has 1 amide bonds. The molecule has 74 valence electrons. The Morgan fingerprint density at radius 2 is 2.31 bits per heavy atom. The van der Waals surface area contributed by atoms with E-state index >= 15 is 0 Å². The van der Waals surface area contributed by atoms with Crippen LogP contribution in [0.2, 0.25) is 0 Å². The Hall–Kier alpha value is -1.26. The second kappa shape index (κ2) is 4.11. The SMILES string of the molecule is CCOC(=O)N1CCCC1C(=O)O. The number of hydrogen-bond donors (Lipinski definition) is 1. The summed E-state index contributed by atoms with van der Waals surface area (Å²) in [5, 5.41) is 8.75. The molecule has 1 aliphatic rings. The van der Waals surface area contributed by atoms with Gasteiger partial charge in [0.15, 0.2) is 0 Å². The van der Waals surface area contributed by atoms with Gasteiger partial charge in [-0.3, -0.25) is 4.90 Å². The third-order valence-corrected chi connectivity index (χ3v) is 2.04. The molecule has 1 aliphatic heterocycles. The number of aliphatic carboxylic acids is 1. The van der Waals surface area contributed by atoms with Crippen LogP contribution in [0.1, 0.15) is 19.8 Å². The number of nitrogens with zero attached hydrogens (tertiary/aromatic N) is 1. The van der Waals surface area contributed by atoms with Crippen molar-refractivity contribution >= 4 is 12.1 Å². The third kappa shape index (κ3) is 2.11. The topological polar surface area (TPSA) is 66.8 Å². The van der Waals surface area contributed by atoms with Crippen LogP contribution in [0.5, 0.6) is 0 Å². The molecule has 1 heterocycles. The van der Waals surface area contributed by atoms with Crippen molar-refractivity contribution in [1.82, 2.24) is 4.90 Å². The van der Waals surface area contributed by atoms with Gasteiger partial charge in [-0.15, -0.1) is 0 Å². The van der Waals surface area contributed by atoms with E-state index in [9.17, 15) is 9.59 Å². The highest BCUT2D eigenvalue weighted by molar-refractivity contribution is 5.80. The molecule has 0 radical (unpaired) electrons. The fourth-order valence-electron chi connectivity index (χ4n) is 1.45. The Balaban J connectivity index is 2.57. The highest BCUT2D eigenvalue weighted by atomic mass is 16.6. The van der Waals surface area contributed by atoms with Crippen molar-refractivity contribution in [2.45, 2.75) is 25.8 Å². The first kappa shape index (κ1) is 9.83. The molecule has 1 fully saturated rings. The van der Waals surface area contributed by atoms with Crippen LogP contribution in [0, 0.1) is 0 Å². The highest BCUT2D eigenvalue weighted by Gasteiger charge is 2.34. The monoisotopic (exact) mass is 187 g/mol. The number of ether oxygens (including phenoxy) is 1. The maximum Gasteiger partial charge on any atom is 0.410 e. The maximum absolute atomic E-state index is 11.2. The normalized spacial score (nSPS) is 21.6. The molecule has 0 aromatic carbocycles. The molecule has 5 nitrogen and oxygen atoms in total. The van der Waals surface area contributed by atoms with Crippen LogP contribution in [0.4, 0.5) is 4.79 Å². The predicted molar refractivity (Wildman–Crippen MR) is 44.4 cm³/mol. The van der Waals surface area contributed by atoms with E-state index in [1.165, 1.54) is 4.90 Å². The van der Waals surface area contributed by atoms with Gasteiger partial charge in [0.25, 0.3) is 0 Å². The van der Waals surface area contributed by atoms with Gasteiger partial charge in [-0.1, -0.05) is 0 Å². The van der Waals surface area contributed by atoms with Crippen molar-refractivity contribution in [3.8, 4) is 0 Å². The molecule has 13 heavy (non-hydrogen) atoms. The molecule has 1 unspecified atom stereocenters. The minimum atomic E-state index is -0.953. The largest absolute Gasteiger partial charge is 0.480 e. The van der Waals surface area contributed by atoms with Crippen LogP contribution >= 0.6 is 0 Å². The van der Waals surface area contributed by atoms with Gasteiger partial charge in [-0.25, -0.2) is 9.59 Å². The second-order valence-electron chi connectivity index (χ2n) is 2.89. The van der Waals surface area contributed by atoms with Gasteiger partial charge >= 0.3 is 12.1 Å². The molecule has 0 saturated carbocycles. The Labute approximate surface area is 76.3 Å². The van der Waals surface area contributed by atoms with Crippen molar-refractivity contribution in [3.63, 3.8) is 0 Å². The molecule has 0 aliphatic carbocycles. The fourth-order valence-corrected chi connectivity index (χ4v) is 1.45. The lowest BCUT2D eigenvalue weighted by molar-refractivity contribution is -0.141. The van der Waals surface area contributed by atoms with Crippen LogP contribution in [-0.2, 0) is 9.53 Å². The smallest absolute Gasteiger partial charge is 0.410 e. The summed E-state index contributed by atoms with van der Waals surface area (Å²) in [7, 11) is 0. The summed E-state index contributed by atoms with van der Waals surface area (Å²) in [5.41, 5.74) is 0. The number of carboxylic acid groups (broad SMARTS) is 1. The lowest BCUT2D eigenvalue weighted by atomic mass is 10.2. The molecule has 0 aromatic heterocycles. The van der Waals surface area contributed by atoms with E-state index in [0.717, 1.165) is 6.42 Å². The lowest BCUT2D eigenvalue weighted by Crippen LogP contribution is -2.40. The fraction of sp³-hybridized carbons (Fsp3) is 0.750. The lowest BCUT2D eigenvalue weighted by Gasteiger charge is -2.19. The zero-order valence-corrected chi connectivity index (χ0v) is 7.52. The van der Waals surface area contributed by atoms with E-state index < -0.39 is 18.1 Å². The summed E-state index contributed by atoms with van der Waals surface area (Å²) in [4.78, 5) is 23.1. The van der Waals surface area contributed by atoms with Crippen molar-refractivity contribution in [2.75, 3.05) is 13.2 Å². The second-order valence-corrected chi connectivity index (χ2v) is 2.89. The predicted octanol–water partition coefficient (Wildman–Crippen LogP) is 0.692. The average Bonchev–Trinajstić information content (AvgIpc) is 2.52. The highest BCUT2D eigenvalue weighted by Crippen LogP contribution is 2.18. The third-order valence-electron chi connectivity index (χ3n) is 2.04. The molecule has 5 heteroatoms. The number of amides is 1. The minimum absolute atomic E-state index is 0.279. The standard InChI is InChI=1S/C8H13NO4/c1-2-13-8(12)9-5-3-4-6(9)7(10)11/h6H,2-5H2,1H3,(H,10,11). The van der Waals surface area contributed by atoms with E-state index in [4.69, 9.17) is 9.84 Å². The van der Waals surface area contributed by atoms with Gasteiger partial charge in [0.2, 0.25) is 0 Å². The van der Waals surface area contributed by atoms with Gasteiger partial charge in [0, 0.05) is 6.54 Å². The van der Waals surface area contributed by atoms with Crippen molar-refractivity contribution in [2.24, 2.45) is 0 Å². The number of carbonyl (C=O) groups excluding carboxylic acids is 1. The van der Waals surface area contributed by atoms with E-state index in [0.29, 0.717) is 13.0 Å². The van der Waals surface area contributed by atoms with Crippen LogP contribution in [0.15, 0.2) is 0 Å².